The fourth-order valence-corrected chi connectivity index (χ4v) is 3.20. The van der Waals surface area contributed by atoms with Gasteiger partial charge in [0.25, 0.3) is 5.91 Å². The lowest BCUT2D eigenvalue weighted by atomic mass is 9.98. The maximum atomic E-state index is 12.3. The van der Waals surface area contributed by atoms with Crippen LogP contribution in [0.4, 0.5) is 0 Å². The molecule has 3 amide bonds. The molecule has 0 bridgehead atoms. The minimum absolute atomic E-state index is 0.0159. The molecule has 0 atom stereocenters. The minimum atomic E-state index is -0.0874. The van der Waals surface area contributed by atoms with E-state index in [2.05, 4.69) is 15.9 Å². The molecular formula is C15H15BrN2O3. The molecule has 0 unspecified atom stereocenters. The van der Waals surface area contributed by atoms with Crippen molar-refractivity contribution in [1.29, 1.82) is 0 Å². The number of carbonyl (C=O) groups excluding carboxylic acids is 3. The van der Waals surface area contributed by atoms with Crippen LogP contribution in [0.15, 0.2) is 28.7 Å². The Bertz CT molecular complexity index is 595. The predicted molar refractivity (Wildman–Crippen MR) is 79.5 cm³/mol. The average molecular weight is 351 g/mol. The van der Waals surface area contributed by atoms with Gasteiger partial charge < -0.3 is 4.90 Å². The molecule has 21 heavy (non-hydrogen) atoms. The van der Waals surface area contributed by atoms with Crippen molar-refractivity contribution < 1.29 is 14.4 Å². The smallest absolute Gasteiger partial charge is 0.255 e. The molecule has 0 saturated carbocycles. The molecule has 0 radical (unpaired) electrons. The minimum Gasteiger partial charge on any atom is -0.338 e. The first kappa shape index (κ1) is 14.3. The molecule has 2 fully saturated rings. The van der Waals surface area contributed by atoms with Crippen molar-refractivity contribution in [3.63, 3.8) is 0 Å². The number of likely N-dealkylation sites (tertiary alicyclic amines) is 2. The predicted octanol–water partition coefficient (Wildman–Crippen LogP) is 1.67. The van der Waals surface area contributed by atoms with Gasteiger partial charge >= 0.3 is 0 Å². The lowest BCUT2D eigenvalue weighted by Gasteiger charge is -2.40. The Morgan fingerprint density at radius 3 is 2.38 bits per heavy atom. The summed E-state index contributed by atoms with van der Waals surface area (Å²) in [5.41, 5.74) is 0.643. The topological polar surface area (TPSA) is 57.7 Å². The van der Waals surface area contributed by atoms with Gasteiger partial charge in [-0.15, -0.1) is 0 Å². The van der Waals surface area contributed by atoms with Crippen molar-refractivity contribution in [3.05, 3.63) is 34.3 Å². The Balaban J connectivity index is 1.56. The maximum absolute atomic E-state index is 12.3. The molecular weight excluding hydrogens is 336 g/mol. The molecule has 110 valence electrons. The molecule has 2 saturated heterocycles. The third-order valence-electron chi connectivity index (χ3n) is 3.94. The summed E-state index contributed by atoms with van der Waals surface area (Å²) in [6, 6.07) is 7.32. The summed E-state index contributed by atoms with van der Waals surface area (Å²) < 4.78 is 0.781. The van der Waals surface area contributed by atoms with E-state index in [1.54, 1.807) is 11.0 Å². The number of halogens is 1. The number of hydrogen-bond acceptors (Lipinski definition) is 3. The molecule has 0 aromatic heterocycles. The Hall–Kier alpha value is -1.69. The van der Waals surface area contributed by atoms with E-state index in [9.17, 15) is 14.4 Å². The summed E-state index contributed by atoms with van der Waals surface area (Å²) in [4.78, 5) is 38.5. The average Bonchev–Trinajstić information content (AvgIpc) is 2.73. The highest BCUT2D eigenvalue weighted by Gasteiger charge is 2.37. The van der Waals surface area contributed by atoms with E-state index in [4.69, 9.17) is 0 Å². The highest BCUT2D eigenvalue weighted by molar-refractivity contribution is 9.10. The molecule has 0 N–H and O–H groups in total. The van der Waals surface area contributed by atoms with E-state index < -0.39 is 0 Å². The summed E-state index contributed by atoms with van der Waals surface area (Å²) in [7, 11) is 0. The van der Waals surface area contributed by atoms with E-state index in [0.717, 1.165) is 4.47 Å². The zero-order chi connectivity index (χ0) is 15.0. The van der Waals surface area contributed by atoms with Crippen LogP contribution in [-0.2, 0) is 9.59 Å². The van der Waals surface area contributed by atoms with Gasteiger partial charge in [-0.1, -0.05) is 12.1 Å². The summed E-state index contributed by atoms with van der Waals surface area (Å²) >= 11 is 3.38. The summed E-state index contributed by atoms with van der Waals surface area (Å²) in [5, 5.41) is 0. The number of benzene rings is 1. The molecule has 2 aliphatic rings. The van der Waals surface area contributed by atoms with Crippen molar-refractivity contribution in [2.75, 3.05) is 19.6 Å². The normalized spacial score (nSPS) is 19.1. The number of amides is 3. The second-order valence-corrected chi connectivity index (χ2v) is 6.31. The SMILES string of the molecule is O=C(c1ccccc1Br)N1CC(CN2C(=O)CCC2=O)C1. The van der Waals surface area contributed by atoms with Crippen molar-refractivity contribution in [3.8, 4) is 0 Å². The zero-order valence-corrected chi connectivity index (χ0v) is 13.0. The highest BCUT2D eigenvalue weighted by Crippen LogP contribution is 2.25. The van der Waals surface area contributed by atoms with Gasteiger partial charge in [-0.3, -0.25) is 19.3 Å². The molecule has 1 aromatic carbocycles. The van der Waals surface area contributed by atoms with E-state index in [1.165, 1.54) is 4.90 Å². The number of carbonyl (C=O) groups is 3. The number of nitrogens with zero attached hydrogens (tertiary/aromatic N) is 2. The van der Waals surface area contributed by atoms with Crippen molar-refractivity contribution in [1.82, 2.24) is 9.80 Å². The van der Waals surface area contributed by atoms with Crippen LogP contribution in [0.2, 0.25) is 0 Å². The monoisotopic (exact) mass is 350 g/mol. The molecule has 0 spiro atoms. The van der Waals surface area contributed by atoms with Crippen molar-refractivity contribution in [2.24, 2.45) is 5.92 Å². The lowest BCUT2D eigenvalue weighted by Crippen LogP contribution is -2.54. The van der Waals surface area contributed by atoms with Crippen LogP contribution in [-0.4, -0.2) is 47.2 Å². The zero-order valence-electron chi connectivity index (χ0n) is 11.4. The van der Waals surface area contributed by atoms with Gasteiger partial charge in [0.05, 0.1) is 5.56 Å². The molecule has 2 aliphatic heterocycles. The summed E-state index contributed by atoms with van der Waals surface area (Å²) in [6.07, 6.45) is 0.649. The molecule has 3 rings (SSSR count). The van der Waals surface area contributed by atoms with Crippen LogP contribution in [0, 0.1) is 5.92 Å². The third kappa shape index (κ3) is 2.72. The maximum Gasteiger partial charge on any atom is 0.255 e. The lowest BCUT2D eigenvalue weighted by molar-refractivity contribution is -0.139. The largest absolute Gasteiger partial charge is 0.338 e. The van der Waals surface area contributed by atoms with Crippen LogP contribution in [0.3, 0.4) is 0 Å². The molecule has 1 aromatic rings. The first-order valence-corrected chi connectivity index (χ1v) is 7.72. The number of rotatable bonds is 3. The van der Waals surface area contributed by atoms with Gasteiger partial charge in [-0.25, -0.2) is 0 Å². The highest BCUT2D eigenvalue weighted by atomic mass is 79.9. The van der Waals surface area contributed by atoms with Crippen molar-refractivity contribution >= 4 is 33.7 Å². The van der Waals surface area contributed by atoms with Crippen LogP contribution in [0.1, 0.15) is 23.2 Å². The van der Waals surface area contributed by atoms with Gasteiger partial charge in [0.15, 0.2) is 0 Å². The second kappa shape index (κ2) is 5.60. The van der Waals surface area contributed by atoms with Crippen molar-refractivity contribution in [2.45, 2.75) is 12.8 Å². The van der Waals surface area contributed by atoms with E-state index in [1.807, 2.05) is 18.2 Å². The molecule has 6 heteroatoms. The summed E-state index contributed by atoms with van der Waals surface area (Å²) in [5.74, 6) is 0.00592. The van der Waals surface area contributed by atoms with Gasteiger partial charge in [0, 0.05) is 42.9 Å². The van der Waals surface area contributed by atoms with Gasteiger partial charge in [-0.2, -0.15) is 0 Å². The number of hydrogen-bond donors (Lipinski definition) is 0. The van der Waals surface area contributed by atoms with Gasteiger partial charge in [0.2, 0.25) is 11.8 Å². The Kier molecular flexibility index (Phi) is 3.80. The van der Waals surface area contributed by atoms with Crippen LogP contribution in [0.5, 0.6) is 0 Å². The van der Waals surface area contributed by atoms with Gasteiger partial charge in [0.1, 0.15) is 0 Å². The van der Waals surface area contributed by atoms with E-state index in [0.29, 0.717) is 38.0 Å². The van der Waals surface area contributed by atoms with Crippen LogP contribution >= 0.6 is 15.9 Å². The second-order valence-electron chi connectivity index (χ2n) is 5.45. The van der Waals surface area contributed by atoms with Gasteiger partial charge in [-0.05, 0) is 28.1 Å². The van der Waals surface area contributed by atoms with Crippen LogP contribution in [0.25, 0.3) is 0 Å². The Morgan fingerprint density at radius 1 is 1.14 bits per heavy atom. The standard InChI is InChI=1S/C15H15BrN2O3/c16-12-4-2-1-3-11(12)15(21)17-7-10(8-17)9-18-13(19)5-6-14(18)20/h1-4,10H,5-9H2. The number of imide groups is 1. The first-order chi connectivity index (χ1) is 10.1. The van der Waals surface area contributed by atoms with E-state index in [-0.39, 0.29) is 23.6 Å². The summed E-state index contributed by atoms with van der Waals surface area (Å²) in [6.45, 7) is 1.63. The fraction of sp³-hybridized carbons (Fsp3) is 0.400. The molecule has 2 heterocycles. The quantitative estimate of drug-likeness (QED) is 0.779. The van der Waals surface area contributed by atoms with Crippen LogP contribution < -0.4 is 0 Å². The third-order valence-corrected chi connectivity index (χ3v) is 4.64. The fourth-order valence-electron chi connectivity index (χ4n) is 2.74. The Labute approximate surface area is 131 Å². The molecule has 0 aliphatic carbocycles. The van der Waals surface area contributed by atoms with E-state index >= 15 is 0 Å². The Morgan fingerprint density at radius 2 is 1.76 bits per heavy atom. The first-order valence-electron chi connectivity index (χ1n) is 6.93. The molecule has 5 nitrogen and oxygen atoms in total.